The van der Waals surface area contributed by atoms with E-state index < -0.39 is 27.7 Å². The Labute approximate surface area is 135 Å². The smallest absolute Gasteiger partial charge is 0.338 e. The van der Waals surface area contributed by atoms with E-state index in [4.69, 9.17) is 10.00 Å². The minimum Gasteiger partial charge on any atom is -0.449 e. The molecule has 0 aliphatic rings. The van der Waals surface area contributed by atoms with Gasteiger partial charge in [0.1, 0.15) is 5.75 Å². The zero-order chi connectivity index (χ0) is 17.5. The molecule has 0 aliphatic heterocycles. The SMILES string of the molecule is CCNC(=O)[C@@H](C)OC(=O)c1ccc(CS(=O)(=O)CC#N)cc1. The molecule has 8 heteroatoms. The van der Waals surface area contributed by atoms with Gasteiger partial charge < -0.3 is 10.1 Å². The Hall–Kier alpha value is -2.40. The van der Waals surface area contributed by atoms with Gasteiger partial charge in [0, 0.05) is 6.54 Å². The Balaban J connectivity index is 2.71. The summed E-state index contributed by atoms with van der Waals surface area (Å²) in [6.45, 7) is 3.66. The Kier molecular flexibility index (Phi) is 6.72. The number of hydrogen-bond donors (Lipinski definition) is 1. The second kappa shape index (κ2) is 8.29. The number of amides is 1. The largest absolute Gasteiger partial charge is 0.449 e. The summed E-state index contributed by atoms with van der Waals surface area (Å²) >= 11 is 0. The lowest BCUT2D eigenvalue weighted by Gasteiger charge is -2.12. The minimum absolute atomic E-state index is 0.211. The molecule has 0 bridgehead atoms. The normalized spacial score (nSPS) is 12.0. The van der Waals surface area contributed by atoms with Crippen LogP contribution in [-0.4, -0.2) is 38.7 Å². The molecule has 124 valence electrons. The van der Waals surface area contributed by atoms with Crippen LogP contribution < -0.4 is 5.32 Å². The lowest BCUT2D eigenvalue weighted by molar-refractivity contribution is -0.128. The fraction of sp³-hybridized carbons (Fsp3) is 0.400. The van der Waals surface area contributed by atoms with Crippen LogP contribution >= 0.6 is 0 Å². The average molecular weight is 338 g/mol. The van der Waals surface area contributed by atoms with Crippen molar-refractivity contribution in [1.82, 2.24) is 5.32 Å². The Morgan fingerprint density at radius 2 is 1.91 bits per heavy atom. The predicted molar refractivity (Wildman–Crippen MR) is 83.1 cm³/mol. The monoisotopic (exact) mass is 338 g/mol. The van der Waals surface area contributed by atoms with E-state index in [9.17, 15) is 18.0 Å². The first-order chi connectivity index (χ1) is 10.8. The maximum Gasteiger partial charge on any atom is 0.338 e. The molecule has 0 spiro atoms. The third-order valence-electron chi connectivity index (χ3n) is 2.86. The molecular formula is C15H18N2O5S. The molecule has 1 atom stereocenters. The van der Waals surface area contributed by atoms with E-state index in [1.54, 1.807) is 13.0 Å². The van der Waals surface area contributed by atoms with E-state index in [0.717, 1.165) is 0 Å². The van der Waals surface area contributed by atoms with Gasteiger partial charge in [0.15, 0.2) is 15.9 Å². The third-order valence-corrected chi connectivity index (χ3v) is 4.21. The number of esters is 1. The number of nitriles is 1. The van der Waals surface area contributed by atoms with Crippen molar-refractivity contribution in [3.63, 3.8) is 0 Å². The van der Waals surface area contributed by atoms with Crippen LogP contribution in [0.1, 0.15) is 29.8 Å². The molecule has 0 heterocycles. The van der Waals surface area contributed by atoms with E-state index in [0.29, 0.717) is 12.1 Å². The third kappa shape index (κ3) is 6.08. The molecule has 1 aromatic carbocycles. The number of ether oxygens (including phenoxy) is 1. The minimum atomic E-state index is -3.48. The molecule has 0 radical (unpaired) electrons. The topological polar surface area (TPSA) is 113 Å². The van der Waals surface area contributed by atoms with Gasteiger partial charge in [-0.3, -0.25) is 4.79 Å². The Morgan fingerprint density at radius 1 is 1.30 bits per heavy atom. The van der Waals surface area contributed by atoms with Crippen LogP contribution in [0.15, 0.2) is 24.3 Å². The average Bonchev–Trinajstić information content (AvgIpc) is 2.47. The van der Waals surface area contributed by atoms with E-state index >= 15 is 0 Å². The fourth-order valence-electron chi connectivity index (χ4n) is 1.74. The highest BCUT2D eigenvalue weighted by Crippen LogP contribution is 2.11. The molecule has 0 fully saturated rings. The van der Waals surface area contributed by atoms with Gasteiger partial charge in [-0.25, -0.2) is 13.2 Å². The first kappa shape index (κ1) is 18.6. The van der Waals surface area contributed by atoms with Gasteiger partial charge in [0.05, 0.1) is 17.4 Å². The highest BCUT2D eigenvalue weighted by molar-refractivity contribution is 7.90. The first-order valence-corrected chi connectivity index (χ1v) is 8.76. The number of nitrogens with zero attached hydrogens (tertiary/aromatic N) is 1. The van der Waals surface area contributed by atoms with Crippen molar-refractivity contribution >= 4 is 21.7 Å². The van der Waals surface area contributed by atoms with Crippen LogP contribution in [0.5, 0.6) is 0 Å². The number of carbonyl (C=O) groups excluding carboxylic acids is 2. The van der Waals surface area contributed by atoms with E-state index in [1.165, 1.54) is 31.2 Å². The van der Waals surface area contributed by atoms with Crippen LogP contribution in [0, 0.1) is 11.3 Å². The summed E-state index contributed by atoms with van der Waals surface area (Å²) in [5.74, 6) is -1.89. The summed E-state index contributed by atoms with van der Waals surface area (Å²) in [6, 6.07) is 7.39. The van der Waals surface area contributed by atoms with Gasteiger partial charge >= 0.3 is 5.97 Å². The van der Waals surface area contributed by atoms with Crippen molar-refractivity contribution in [1.29, 1.82) is 5.26 Å². The summed E-state index contributed by atoms with van der Waals surface area (Å²) in [7, 11) is -3.48. The van der Waals surface area contributed by atoms with Gasteiger partial charge in [0.25, 0.3) is 5.91 Å². The van der Waals surface area contributed by atoms with Crippen LogP contribution in [0.2, 0.25) is 0 Å². The molecule has 0 aromatic heterocycles. The van der Waals surface area contributed by atoms with Crippen molar-refractivity contribution in [3.8, 4) is 6.07 Å². The summed E-state index contributed by atoms with van der Waals surface area (Å²) < 4.78 is 28.1. The number of carbonyl (C=O) groups is 2. The first-order valence-electron chi connectivity index (χ1n) is 6.94. The Morgan fingerprint density at radius 3 is 2.43 bits per heavy atom. The number of likely N-dealkylation sites (N-methyl/N-ethyl adjacent to an activating group) is 1. The number of hydrogen-bond acceptors (Lipinski definition) is 6. The molecule has 1 aromatic rings. The van der Waals surface area contributed by atoms with Crippen molar-refractivity contribution in [2.75, 3.05) is 12.3 Å². The van der Waals surface area contributed by atoms with Crippen molar-refractivity contribution < 1.29 is 22.7 Å². The molecule has 1 amide bonds. The molecule has 1 rings (SSSR count). The van der Waals surface area contributed by atoms with Crippen molar-refractivity contribution in [2.45, 2.75) is 25.7 Å². The molecule has 23 heavy (non-hydrogen) atoms. The van der Waals surface area contributed by atoms with Gasteiger partial charge in [-0.15, -0.1) is 0 Å². The van der Waals surface area contributed by atoms with E-state index in [2.05, 4.69) is 5.32 Å². The summed E-state index contributed by atoms with van der Waals surface area (Å²) in [5, 5.41) is 11.0. The van der Waals surface area contributed by atoms with Gasteiger partial charge in [0.2, 0.25) is 0 Å². The van der Waals surface area contributed by atoms with Gasteiger partial charge in [-0.05, 0) is 31.5 Å². The number of rotatable bonds is 7. The Bertz CT molecular complexity index is 704. The standard InChI is InChI=1S/C15H18N2O5S/c1-3-17-14(18)11(2)22-15(19)13-6-4-12(5-7-13)10-23(20,21)9-8-16/h4-7,11H,3,9-10H2,1-2H3,(H,17,18)/t11-/m1/s1. The number of sulfone groups is 1. The lowest BCUT2D eigenvalue weighted by Crippen LogP contribution is -2.35. The van der Waals surface area contributed by atoms with E-state index in [1.807, 2.05) is 0 Å². The second-order valence-electron chi connectivity index (χ2n) is 4.83. The van der Waals surface area contributed by atoms with Gasteiger partial charge in [-0.2, -0.15) is 5.26 Å². The van der Waals surface area contributed by atoms with Crippen molar-refractivity contribution in [2.24, 2.45) is 0 Å². The molecule has 0 saturated carbocycles. The molecule has 0 saturated heterocycles. The van der Waals surface area contributed by atoms with Crippen LogP contribution in [0.4, 0.5) is 0 Å². The van der Waals surface area contributed by atoms with Crippen LogP contribution in [-0.2, 0) is 25.1 Å². The number of nitrogens with one attached hydrogen (secondary N) is 1. The highest BCUT2D eigenvalue weighted by Gasteiger charge is 2.18. The quantitative estimate of drug-likeness (QED) is 0.736. The van der Waals surface area contributed by atoms with Crippen LogP contribution in [0.3, 0.4) is 0 Å². The molecule has 0 unspecified atom stereocenters. The van der Waals surface area contributed by atoms with Crippen molar-refractivity contribution in [3.05, 3.63) is 35.4 Å². The second-order valence-corrected chi connectivity index (χ2v) is 6.89. The molecular weight excluding hydrogens is 320 g/mol. The maximum atomic E-state index is 11.9. The molecule has 1 N–H and O–H groups in total. The van der Waals surface area contributed by atoms with E-state index in [-0.39, 0.29) is 17.2 Å². The fourth-order valence-corrected chi connectivity index (χ4v) is 2.74. The molecule has 0 aliphatic carbocycles. The number of benzene rings is 1. The summed E-state index contributed by atoms with van der Waals surface area (Å²) in [6.07, 6.45) is -0.918. The predicted octanol–water partition coefficient (Wildman–Crippen LogP) is 0.806. The highest BCUT2D eigenvalue weighted by atomic mass is 32.2. The zero-order valence-electron chi connectivity index (χ0n) is 12.9. The lowest BCUT2D eigenvalue weighted by atomic mass is 10.1. The maximum absolute atomic E-state index is 11.9. The van der Waals surface area contributed by atoms with Gasteiger partial charge in [-0.1, -0.05) is 12.1 Å². The molecule has 7 nitrogen and oxygen atoms in total. The summed E-state index contributed by atoms with van der Waals surface area (Å²) in [5.41, 5.74) is 0.677. The summed E-state index contributed by atoms with van der Waals surface area (Å²) in [4.78, 5) is 23.4. The zero-order valence-corrected chi connectivity index (χ0v) is 13.7. The van der Waals surface area contributed by atoms with Crippen LogP contribution in [0.25, 0.3) is 0 Å².